The van der Waals surface area contributed by atoms with Crippen molar-refractivity contribution in [2.75, 3.05) is 0 Å². The Morgan fingerprint density at radius 3 is 1.61 bits per heavy atom. The van der Waals surface area contributed by atoms with Gasteiger partial charge in [-0.3, -0.25) is 4.79 Å². The molecule has 0 atom stereocenters. The van der Waals surface area contributed by atoms with Crippen LogP contribution in [0.2, 0.25) is 0 Å². The summed E-state index contributed by atoms with van der Waals surface area (Å²) < 4.78 is 0. The van der Waals surface area contributed by atoms with E-state index in [2.05, 4.69) is 55.5 Å². The summed E-state index contributed by atoms with van der Waals surface area (Å²) in [6.07, 6.45) is 27.3. The van der Waals surface area contributed by atoms with Gasteiger partial charge in [0.2, 0.25) is 0 Å². The maximum atomic E-state index is 10.3. The molecule has 3 heteroatoms. The van der Waals surface area contributed by atoms with Crippen molar-refractivity contribution in [3.05, 3.63) is 48.6 Å². The third-order valence-corrected chi connectivity index (χ3v) is 3.22. The first-order valence-corrected chi connectivity index (χ1v) is 8.59. The van der Waals surface area contributed by atoms with Gasteiger partial charge in [0.15, 0.2) is 0 Å². The number of aliphatic carboxylic acids is 1. The molecule has 0 fully saturated rings. The van der Waals surface area contributed by atoms with Crippen LogP contribution in [0, 0.1) is 0 Å². The summed E-state index contributed by atoms with van der Waals surface area (Å²) >= 11 is 0. The van der Waals surface area contributed by atoms with E-state index in [4.69, 9.17) is 5.11 Å². The second kappa shape index (κ2) is 22.1. The van der Waals surface area contributed by atoms with Gasteiger partial charge in [-0.2, -0.15) is 0 Å². The van der Waals surface area contributed by atoms with Crippen molar-refractivity contribution in [1.82, 2.24) is 0 Å². The molecule has 1 N–H and O–H groups in total. The van der Waals surface area contributed by atoms with Crippen molar-refractivity contribution in [2.24, 2.45) is 0 Å². The number of unbranched alkanes of at least 4 members (excludes halogenated alkanes) is 4. The first-order valence-electron chi connectivity index (χ1n) is 8.59. The van der Waals surface area contributed by atoms with Gasteiger partial charge in [0.1, 0.15) is 0 Å². The molecule has 0 aliphatic carbocycles. The molecular weight excluding hydrogens is 311 g/mol. The van der Waals surface area contributed by atoms with Crippen LogP contribution in [0.5, 0.6) is 0 Å². The van der Waals surface area contributed by atoms with Gasteiger partial charge >= 0.3 is 5.97 Å². The van der Waals surface area contributed by atoms with Crippen LogP contribution in [0.3, 0.4) is 0 Å². The molecule has 1 radical (unpaired) electrons. The van der Waals surface area contributed by atoms with Crippen molar-refractivity contribution in [1.29, 1.82) is 0 Å². The molecule has 0 aromatic carbocycles. The molecule has 0 unspecified atom stereocenters. The Balaban J connectivity index is 0. The van der Waals surface area contributed by atoms with Crippen LogP contribution in [0.15, 0.2) is 48.6 Å². The molecule has 0 aliphatic heterocycles. The Morgan fingerprint density at radius 2 is 1.17 bits per heavy atom. The molecule has 0 saturated carbocycles. The average molecular weight is 344 g/mol. The molecule has 23 heavy (non-hydrogen) atoms. The molecule has 0 aliphatic rings. The van der Waals surface area contributed by atoms with Gasteiger partial charge in [-0.25, -0.2) is 0 Å². The van der Waals surface area contributed by atoms with Crippen molar-refractivity contribution in [3.63, 3.8) is 0 Å². The average Bonchev–Trinajstić information content (AvgIpc) is 2.50. The van der Waals surface area contributed by atoms with Crippen LogP contribution in [0.25, 0.3) is 0 Å². The number of carboxylic acids is 1. The van der Waals surface area contributed by atoms with Gasteiger partial charge in [-0.15, -0.1) is 0 Å². The minimum Gasteiger partial charge on any atom is -0.481 e. The molecule has 0 amide bonds. The summed E-state index contributed by atoms with van der Waals surface area (Å²) in [5, 5.41) is 8.49. The first-order chi connectivity index (χ1) is 10.8. The summed E-state index contributed by atoms with van der Waals surface area (Å²) in [5.74, 6) is -0.712. The Labute approximate surface area is 185 Å². The van der Waals surface area contributed by atoms with E-state index in [0.717, 1.165) is 32.1 Å². The van der Waals surface area contributed by atoms with Crippen molar-refractivity contribution in [3.8, 4) is 0 Å². The van der Waals surface area contributed by atoms with Crippen LogP contribution in [0.4, 0.5) is 0 Å². The van der Waals surface area contributed by atoms with Gasteiger partial charge in [0.05, 0.1) is 0 Å². The molecule has 0 aromatic heterocycles. The molecule has 0 saturated heterocycles. The minimum atomic E-state index is -0.712. The fourth-order valence-electron chi connectivity index (χ4n) is 1.93. The summed E-state index contributed by atoms with van der Waals surface area (Å²) in [6, 6.07) is 0. The molecule has 0 spiro atoms. The molecule has 0 rings (SSSR count). The SMILES string of the molecule is CCCCCC=CCC=CCC=CCC=CCCCC(=O)O.[K]. The second-order valence-corrected chi connectivity index (χ2v) is 5.37. The second-order valence-electron chi connectivity index (χ2n) is 5.37. The Bertz CT molecular complexity index is 368. The van der Waals surface area contributed by atoms with E-state index in [0.29, 0.717) is 0 Å². The van der Waals surface area contributed by atoms with E-state index in [1.807, 2.05) is 0 Å². The number of hydrogen-bond donors (Lipinski definition) is 1. The Hall–Kier alpha value is 0.0664. The Kier molecular flexibility index (Phi) is 24.3. The monoisotopic (exact) mass is 343 g/mol. The topological polar surface area (TPSA) is 37.3 Å². The van der Waals surface area contributed by atoms with Crippen LogP contribution in [-0.2, 0) is 4.79 Å². The number of carbonyl (C=O) groups is 1. The van der Waals surface area contributed by atoms with Gasteiger partial charge in [-0.1, -0.05) is 68.4 Å². The van der Waals surface area contributed by atoms with E-state index in [1.165, 1.54) is 25.7 Å². The minimum absolute atomic E-state index is 0. The molecule has 0 bridgehead atoms. The Morgan fingerprint density at radius 1 is 0.739 bits per heavy atom. The molecular formula is C20H32KO2. The van der Waals surface area contributed by atoms with Gasteiger partial charge in [0, 0.05) is 57.8 Å². The summed E-state index contributed by atoms with van der Waals surface area (Å²) in [4.78, 5) is 10.3. The summed E-state index contributed by atoms with van der Waals surface area (Å²) in [5.41, 5.74) is 0. The third kappa shape index (κ3) is 24.4. The van der Waals surface area contributed by atoms with Gasteiger partial charge < -0.3 is 5.11 Å². The fraction of sp³-hybridized carbons (Fsp3) is 0.550. The smallest absolute Gasteiger partial charge is 0.303 e. The van der Waals surface area contributed by atoms with Gasteiger partial charge in [-0.05, 0) is 44.9 Å². The predicted molar refractivity (Wildman–Crippen MR) is 102 cm³/mol. The van der Waals surface area contributed by atoms with Crippen LogP contribution < -0.4 is 0 Å². The fourth-order valence-corrected chi connectivity index (χ4v) is 1.93. The van der Waals surface area contributed by atoms with Crippen LogP contribution in [-0.4, -0.2) is 62.5 Å². The summed E-state index contributed by atoms with van der Waals surface area (Å²) in [7, 11) is 0. The molecule has 2 nitrogen and oxygen atoms in total. The zero-order valence-electron chi connectivity index (χ0n) is 15.0. The quantitative estimate of drug-likeness (QED) is 0.244. The van der Waals surface area contributed by atoms with Crippen LogP contribution >= 0.6 is 0 Å². The van der Waals surface area contributed by atoms with Crippen molar-refractivity contribution >= 4 is 57.4 Å². The normalized spacial score (nSPS) is 11.9. The van der Waals surface area contributed by atoms with E-state index in [-0.39, 0.29) is 57.8 Å². The molecule has 0 aromatic rings. The predicted octanol–water partition coefficient (Wildman–Crippen LogP) is 5.84. The van der Waals surface area contributed by atoms with Crippen molar-refractivity contribution in [2.45, 2.75) is 71.1 Å². The zero-order chi connectivity index (χ0) is 16.3. The van der Waals surface area contributed by atoms with E-state index >= 15 is 0 Å². The molecule has 0 heterocycles. The third-order valence-electron chi connectivity index (χ3n) is 3.22. The largest absolute Gasteiger partial charge is 0.481 e. The maximum Gasteiger partial charge on any atom is 0.303 e. The van der Waals surface area contributed by atoms with E-state index < -0.39 is 5.97 Å². The number of carboxylic acid groups (broad SMARTS) is 1. The van der Waals surface area contributed by atoms with E-state index in [9.17, 15) is 4.79 Å². The first kappa shape index (κ1) is 25.3. The molecule has 125 valence electrons. The number of rotatable bonds is 14. The number of hydrogen-bond acceptors (Lipinski definition) is 1. The maximum absolute atomic E-state index is 10.3. The summed E-state index contributed by atoms with van der Waals surface area (Å²) in [6.45, 7) is 2.23. The van der Waals surface area contributed by atoms with Crippen molar-refractivity contribution < 1.29 is 9.90 Å². The zero-order valence-corrected chi connectivity index (χ0v) is 18.2. The number of allylic oxidation sites excluding steroid dienone is 8. The van der Waals surface area contributed by atoms with Gasteiger partial charge in [0.25, 0.3) is 0 Å². The van der Waals surface area contributed by atoms with E-state index in [1.54, 1.807) is 0 Å². The van der Waals surface area contributed by atoms with Crippen LogP contribution in [0.1, 0.15) is 71.1 Å². The standard InChI is InChI=1S/C20H32O2.K/c1-2-3-4-5-6-7-8-9-10-11-12-13-14-15-16-17-18-19-20(21)22;/h6-7,9-10,12-13,15-16H,2-5,8,11,14,17-19H2,1H3,(H,21,22);.